The zero-order chi connectivity index (χ0) is 21.7. The molecule has 0 bridgehead atoms. The smallest absolute Gasteiger partial charge is 0.337 e. The molecule has 0 N–H and O–H groups in total. The SMILES string of the molecule is COC(=O)c1ccc(Cn2ccc(=O)n(Cc3ccc(C(=O)OC)cc3)c2=O)cc1. The van der Waals surface area contributed by atoms with Crippen molar-refractivity contribution in [2.45, 2.75) is 13.1 Å². The Morgan fingerprint density at radius 2 is 1.20 bits per heavy atom. The lowest BCUT2D eigenvalue weighted by atomic mass is 10.1. The zero-order valence-corrected chi connectivity index (χ0v) is 16.5. The molecule has 154 valence electrons. The van der Waals surface area contributed by atoms with E-state index in [2.05, 4.69) is 9.47 Å². The molecule has 8 heteroatoms. The Morgan fingerprint density at radius 1 is 0.733 bits per heavy atom. The first kappa shape index (κ1) is 20.8. The molecule has 0 unspecified atom stereocenters. The van der Waals surface area contributed by atoms with Crippen LogP contribution in [0.3, 0.4) is 0 Å². The number of hydrogen-bond acceptors (Lipinski definition) is 6. The minimum Gasteiger partial charge on any atom is -0.465 e. The molecule has 0 spiro atoms. The van der Waals surface area contributed by atoms with Crippen LogP contribution in [0.15, 0.2) is 70.4 Å². The van der Waals surface area contributed by atoms with Gasteiger partial charge in [0.05, 0.1) is 38.4 Å². The van der Waals surface area contributed by atoms with E-state index >= 15 is 0 Å². The van der Waals surface area contributed by atoms with Gasteiger partial charge in [0.15, 0.2) is 0 Å². The maximum atomic E-state index is 12.8. The maximum Gasteiger partial charge on any atom is 0.337 e. The first-order chi connectivity index (χ1) is 14.4. The van der Waals surface area contributed by atoms with Crippen molar-refractivity contribution >= 4 is 11.9 Å². The summed E-state index contributed by atoms with van der Waals surface area (Å²) in [6.07, 6.45) is 1.44. The third kappa shape index (κ3) is 4.54. The predicted molar refractivity (Wildman–Crippen MR) is 109 cm³/mol. The van der Waals surface area contributed by atoms with Crippen molar-refractivity contribution < 1.29 is 19.1 Å². The van der Waals surface area contributed by atoms with E-state index in [0.29, 0.717) is 16.7 Å². The Bertz CT molecular complexity index is 1170. The van der Waals surface area contributed by atoms with Crippen LogP contribution in [0.25, 0.3) is 0 Å². The van der Waals surface area contributed by atoms with Crippen molar-refractivity contribution in [1.29, 1.82) is 0 Å². The van der Waals surface area contributed by atoms with Crippen molar-refractivity contribution in [3.05, 3.63) is 104 Å². The fraction of sp³-hybridized carbons (Fsp3) is 0.182. The van der Waals surface area contributed by atoms with Gasteiger partial charge in [0.25, 0.3) is 5.56 Å². The quantitative estimate of drug-likeness (QED) is 0.576. The molecule has 0 aliphatic carbocycles. The lowest BCUT2D eigenvalue weighted by Gasteiger charge is -2.11. The molecule has 8 nitrogen and oxygen atoms in total. The molecule has 2 aromatic carbocycles. The third-order valence-corrected chi connectivity index (χ3v) is 4.58. The number of rotatable bonds is 6. The van der Waals surface area contributed by atoms with Crippen LogP contribution in [0.2, 0.25) is 0 Å². The van der Waals surface area contributed by atoms with Gasteiger partial charge in [-0.25, -0.2) is 14.4 Å². The standard InChI is InChI=1S/C22H20N2O6/c1-29-20(26)17-7-3-15(4-8-17)13-23-12-11-19(25)24(22(23)28)14-16-5-9-18(10-6-16)21(27)30-2/h3-12H,13-14H2,1-2H3. The van der Waals surface area contributed by atoms with E-state index in [9.17, 15) is 19.2 Å². The molecule has 30 heavy (non-hydrogen) atoms. The van der Waals surface area contributed by atoms with Gasteiger partial charge in [-0.2, -0.15) is 0 Å². The van der Waals surface area contributed by atoms with Gasteiger partial charge < -0.3 is 9.47 Å². The summed E-state index contributed by atoms with van der Waals surface area (Å²) in [6.45, 7) is 0.309. The Kier molecular flexibility index (Phi) is 6.26. The van der Waals surface area contributed by atoms with E-state index < -0.39 is 23.2 Å². The van der Waals surface area contributed by atoms with Crippen molar-refractivity contribution in [2.24, 2.45) is 0 Å². The fourth-order valence-electron chi connectivity index (χ4n) is 2.93. The van der Waals surface area contributed by atoms with Gasteiger partial charge in [0.1, 0.15) is 0 Å². The van der Waals surface area contributed by atoms with Crippen molar-refractivity contribution in [3.63, 3.8) is 0 Å². The summed E-state index contributed by atoms with van der Waals surface area (Å²) in [6, 6.07) is 14.5. The largest absolute Gasteiger partial charge is 0.465 e. The lowest BCUT2D eigenvalue weighted by molar-refractivity contribution is 0.0592. The van der Waals surface area contributed by atoms with Crippen LogP contribution in [0.1, 0.15) is 31.8 Å². The minimum absolute atomic E-state index is 0.0707. The number of esters is 2. The molecule has 0 fully saturated rings. The van der Waals surface area contributed by atoms with Gasteiger partial charge in [-0.05, 0) is 35.4 Å². The average molecular weight is 408 g/mol. The molecule has 3 rings (SSSR count). The molecule has 0 radical (unpaired) electrons. The normalized spacial score (nSPS) is 10.5. The third-order valence-electron chi connectivity index (χ3n) is 4.58. The van der Waals surface area contributed by atoms with Crippen molar-refractivity contribution in [1.82, 2.24) is 9.13 Å². The second kappa shape index (κ2) is 9.04. The van der Waals surface area contributed by atoms with Gasteiger partial charge in [0, 0.05) is 12.3 Å². The van der Waals surface area contributed by atoms with E-state index in [1.807, 2.05) is 0 Å². The van der Waals surface area contributed by atoms with Gasteiger partial charge in [-0.1, -0.05) is 24.3 Å². The molecular weight excluding hydrogens is 388 g/mol. The summed E-state index contributed by atoms with van der Waals surface area (Å²) in [5.74, 6) is -0.899. The van der Waals surface area contributed by atoms with E-state index in [0.717, 1.165) is 10.1 Å². The number of methoxy groups -OCH3 is 2. The lowest BCUT2D eigenvalue weighted by Crippen LogP contribution is -2.39. The zero-order valence-electron chi connectivity index (χ0n) is 16.5. The molecule has 1 heterocycles. The maximum absolute atomic E-state index is 12.8. The van der Waals surface area contributed by atoms with Gasteiger partial charge in [0.2, 0.25) is 0 Å². The summed E-state index contributed by atoms with van der Waals surface area (Å²) in [5.41, 5.74) is 1.40. The first-order valence-electron chi connectivity index (χ1n) is 9.07. The van der Waals surface area contributed by atoms with Crippen LogP contribution >= 0.6 is 0 Å². The minimum atomic E-state index is -0.461. The molecule has 0 amide bonds. The van der Waals surface area contributed by atoms with Crippen LogP contribution in [0.5, 0.6) is 0 Å². The number of carbonyl (C=O) groups is 2. The van der Waals surface area contributed by atoms with Crippen LogP contribution < -0.4 is 11.2 Å². The number of hydrogen-bond donors (Lipinski definition) is 0. The van der Waals surface area contributed by atoms with E-state index in [1.54, 1.807) is 48.5 Å². The molecule has 1 aromatic heterocycles. The topological polar surface area (TPSA) is 96.6 Å². The Hall–Kier alpha value is -3.94. The Balaban J connectivity index is 1.83. The van der Waals surface area contributed by atoms with Crippen molar-refractivity contribution in [2.75, 3.05) is 14.2 Å². The number of nitrogens with zero attached hydrogens (tertiary/aromatic N) is 2. The number of ether oxygens (including phenoxy) is 2. The highest BCUT2D eigenvalue weighted by Crippen LogP contribution is 2.08. The molecule has 0 aliphatic rings. The van der Waals surface area contributed by atoms with Crippen molar-refractivity contribution in [3.8, 4) is 0 Å². The van der Waals surface area contributed by atoms with Crippen LogP contribution in [0.4, 0.5) is 0 Å². The van der Waals surface area contributed by atoms with E-state index in [-0.39, 0.29) is 13.1 Å². The van der Waals surface area contributed by atoms with Gasteiger partial charge >= 0.3 is 17.6 Å². The molecule has 0 aliphatic heterocycles. The van der Waals surface area contributed by atoms with E-state index in [1.165, 1.54) is 31.0 Å². The summed E-state index contributed by atoms with van der Waals surface area (Å²) in [5, 5.41) is 0. The molecule has 0 atom stereocenters. The monoisotopic (exact) mass is 408 g/mol. The highest BCUT2D eigenvalue weighted by molar-refractivity contribution is 5.89. The highest BCUT2D eigenvalue weighted by atomic mass is 16.5. The first-order valence-corrected chi connectivity index (χ1v) is 9.07. The molecule has 3 aromatic rings. The Labute approximate surface area is 171 Å². The fourth-order valence-corrected chi connectivity index (χ4v) is 2.93. The summed E-state index contributed by atoms with van der Waals surface area (Å²) >= 11 is 0. The molecule has 0 saturated heterocycles. The number of aromatic nitrogens is 2. The van der Waals surface area contributed by atoms with Gasteiger partial charge in [-0.3, -0.25) is 13.9 Å². The Morgan fingerprint density at radius 3 is 1.67 bits per heavy atom. The average Bonchev–Trinajstić information content (AvgIpc) is 2.78. The summed E-state index contributed by atoms with van der Waals surface area (Å²) in [7, 11) is 2.60. The summed E-state index contributed by atoms with van der Waals surface area (Å²) in [4.78, 5) is 48.1. The van der Waals surface area contributed by atoms with Crippen LogP contribution in [-0.2, 0) is 22.6 Å². The number of carbonyl (C=O) groups excluding carboxylic acids is 2. The number of benzene rings is 2. The summed E-state index contributed by atoms with van der Waals surface area (Å²) < 4.78 is 11.9. The highest BCUT2D eigenvalue weighted by Gasteiger charge is 2.10. The molecular formula is C22H20N2O6. The van der Waals surface area contributed by atoms with Crippen LogP contribution in [-0.4, -0.2) is 35.3 Å². The second-order valence-electron chi connectivity index (χ2n) is 6.53. The van der Waals surface area contributed by atoms with Gasteiger partial charge in [-0.15, -0.1) is 0 Å². The predicted octanol–water partition coefficient (Wildman–Crippen LogP) is 1.68. The van der Waals surface area contributed by atoms with Crippen LogP contribution in [0, 0.1) is 0 Å². The second-order valence-corrected chi connectivity index (χ2v) is 6.53. The van der Waals surface area contributed by atoms with E-state index in [4.69, 9.17) is 0 Å². The molecule has 0 saturated carbocycles.